The molecule has 0 heterocycles. The average molecular weight is 362 g/mol. The summed E-state index contributed by atoms with van der Waals surface area (Å²) >= 11 is 0. The maximum absolute atomic E-state index is 12.5. The molecule has 1 amide bonds. The van der Waals surface area contributed by atoms with Crippen molar-refractivity contribution in [2.45, 2.75) is 96.1 Å². The van der Waals surface area contributed by atoms with Crippen LogP contribution in [0.3, 0.4) is 0 Å². The monoisotopic (exact) mass is 361 g/mol. The SMILES string of the molecule is CC(C)CC(NC(=O)OC(C)(C)C)C(O)CS(=O)C1CCCCC1. The molecule has 0 aliphatic heterocycles. The molecular formula is C18H35NO4S. The van der Waals surface area contributed by atoms with Crippen LogP contribution in [-0.4, -0.2) is 44.2 Å². The lowest BCUT2D eigenvalue weighted by atomic mass is 10.00. The van der Waals surface area contributed by atoms with Gasteiger partial charge in [0.25, 0.3) is 0 Å². The Morgan fingerprint density at radius 2 is 1.83 bits per heavy atom. The van der Waals surface area contributed by atoms with Gasteiger partial charge in [-0.15, -0.1) is 0 Å². The van der Waals surface area contributed by atoms with Crippen LogP contribution in [0.5, 0.6) is 0 Å². The molecule has 0 aromatic heterocycles. The summed E-state index contributed by atoms with van der Waals surface area (Å²) in [6, 6.07) is -0.438. The van der Waals surface area contributed by atoms with E-state index in [0.717, 1.165) is 25.7 Å². The van der Waals surface area contributed by atoms with Gasteiger partial charge in [-0.3, -0.25) is 4.21 Å². The Bertz CT molecular complexity index is 414. The minimum atomic E-state index is -1.05. The Labute approximate surface area is 149 Å². The number of aliphatic hydroxyl groups excluding tert-OH is 1. The van der Waals surface area contributed by atoms with Gasteiger partial charge in [-0.1, -0.05) is 33.1 Å². The first-order chi connectivity index (χ1) is 11.1. The maximum atomic E-state index is 12.5. The summed E-state index contributed by atoms with van der Waals surface area (Å²) in [4.78, 5) is 12.0. The van der Waals surface area contributed by atoms with Gasteiger partial charge in [0.1, 0.15) is 5.60 Å². The molecule has 0 radical (unpaired) electrons. The molecule has 6 heteroatoms. The number of rotatable bonds is 7. The average Bonchev–Trinajstić information content (AvgIpc) is 2.44. The van der Waals surface area contributed by atoms with Gasteiger partial charge in [-0.05, 0) is 46.0 Å². The lowest BCUT2D eigenvalue weighted by molar-refractivity contribution is 0.0425. The number of hydrogen-bond donors (Lipinski definition) is 2. The van der Waals surface area contributed by atoms with Crippen molar-refractivity contribution < 1.29 is 18.8 Å². The third kappa shape index (κ3) is 8.47. The van der Waals surface area contributed by atoms with Gasteiger partial charge in [0.15, 0.2) is 0 Å². The van der Waals surface area contributed by atoms with Gasteiger partial charge in [-0.2, -0.15) is 0 Å². The molecule has 3 unspecified atom stereocenters. The van der Waals surface area contributed by atoms with E-state index in [1.54, 1.807) is 20.8 Å². The number of amides is 1. The zero-order chi connectivity index (χ0) is 18.3. The maximum Gasteiger partial charge on any atom is 0.407 e. The van der Waals surface area contributed by atoms with Gasteiger partial charge < -0.3 is 15.2 Å². The molecule has 2 N–H and O–H groups in total. The second-order valence-corrected chi connectivity index (χ2v) is 10.0. The number of carbonyl (C=O) groups is 1. The van der Waals surface area contributed by atoms with E-state index in [0.29, 0.717) is 12.3 Å². The van der Waals surface area contributed by atoms with Crippen molar-refractivity contribution in [2.75, 3.05) is 5.75 Å². The van der Waals surface area contributed by atoms with E-state index in [4.69, 9.17) is 4.74 Å². The molecule has 1 saturated carbocycles. The van der Waals surface area contributed by atoms with Gasteiger partial charge in [0.2, 0.25) is 0 Å². The summed E-state index contributed by atoms with van der Waals surface area (Å²) in [6.07, 6.45) is 4.70. The Morgan fingerprint density at radius 3 is 2.33 bits per heavy atom. The van der Waals surface area contributed by atoms with Gasteiger partial charge in [0.05, 0.1) is 17.9 Å². The van der Waals surface area contributed by atoms with Crippen molar-refractivity contribution in [3.8, 4) is 0 Å². The second-order valence-electron chi connectivity index (χ2n) is 8.26. The van der Waals surface area contributed by atoms with Crippen LogP contribution in [0.25, 0.3) is 0 Å². The van der Waals surface area contributed by atoms with Crippen LogP contribution in [0.2, 0.25) is 0 Å². The van der Waals surface area contributed by atoms with Crippen molar-refractivity contribution in [2.24, 2.45) is 5.92 Å². The molecule has 5 nitrogen and oxygen atoms in total. The van der Waals surface area contributed by atoms with E-state index in [1.165, 1.54) is 6.42 Å². The van der Waals surface area contributed by atoms with Crippen LogP contribution < -0.4 is 5.32 Å². The smallest absolute Gasteiger partial charge is 0.407 e. The third-order valence-corrected chi connectivity index (χ3v) is 6.04. The fraction of sp³-hybridized carbons (Fsp3) is 0.944. The largest absolute Gasteiger partial charge is 0.444 e. The van der Waals surface area contributed by atoms with Crippen LogP contribution in [0.1, 0.15) is 73.1 Å². The summed E-state index contributed by atoms with van der Waals surface area (Å²) < 4.78 is 17.8. The second kappa shape index (κ2) is 9.76. The van der Waals surface area contributed by atoms with E-state index in [-0.39, 0.29) is 11.0 Å². The molecular weight excluding hydrogens is 326 g/mol. The highest BCUT2D eigenvalue weighted by Crippen LogP contribution is 2.23. The number of carbonyl (C=O) groups excluding carboxylic acids is 1. The predicted molar refractivity (Wildman–Crippen MR) is 98.5 cm³/mol. The molecule has 0 spiro atoms. The molecule has 1 aliphatic carbocycles. The number of alkyl carbamates (subject to hydrolysis) is 1. The predicted octanol–water partition coefficient (Wildman–Crippen LogP) is 3.37. The van der Waals surface area contributed by atoms with Crippen molar-refractivity contribution >= 4 is 16.9 Å². The fourth-order valence-electron chi connectivity index (χ4n) is 3.03. The lowest BCUT2D eigenvalue weighted by Crippen LogP contribution is -2.48. The van der Waals surface area contributed by atoms with Crippen LogP contribution in [0.15, 0.2) is 0 Å². The number of nitrogens with one attached hydrogen (secondary N) is 1. The van der Waals surface area contributed by atoms with Crippen LogP contribution >= 0.6 is 0 Å². The Balaban J connectivity index is 2.61. The Hall–Kier alpha value is -0.620. The molecule has 0 saturated heterocycles. The number of hydrogen-bond acceptors (Lipinski definition) is 4. The minimum Gasteiger partial charge on any atom is -0.444 e. The molecule has 142 valence electrons. The fourth-order valence-corrected chi connectivity index (χ4v) is 4.73. The Kier molecular flexibility index (Phi) is 8.71. The van der Waals surface area contributed by atoms with Gasteiger partial charge >= 0.3 is 6.09 Å². The molecule has 0 aromatic rings. The highest BCUT2D eigenvalue weighted by molar-refractivity contribution is 7.85. The normalized spacial score (nSPS) is 20.5. The van der Waals surface area contributed by atoms with Gasteiger partial charge in [0, 0.05) is 16.0 Å². The van der Waals surface area contributed by atoms with E-state index in [9.17, 15) is 14.1 Å². The number of aliphatic hydroxyl groups is 1. The highest BCUT2D eigenvalue weighted by Gasteiger charge is 2.29. The summed E-state index contributed by atoms with van der Waals surface area (Å²) in [5.74, 6) is 0.528. The summed E-state index contributed by atoms with van der Waals surface area (Å²) in [7, 11) is -1.05. The van der Waals surface area contributed by atoms with E-state index >= 15 is 0 Å². The molecule has 0 aromatic carbocycles. The number of ether oxygens (including phenoxy) is 1. The molecule has 1 fully saturated rings. The molecule has 0 bridgehead atoms. The van der Waals surface area contributed by atoms with Crippen LogP contribution in [-0.2, 0) is 15.5 Å². The van der Waals surface area contributed by atoms with Crippen LogP contribution in [0.4, 0.5) is 4.79 Å². The molecule has 1 rings (SSSR count). The quantitative estimate of drug-likeness (QED) is 0.729. The zero-order valence-corrected chi connectivity index (χ0v) is 16.7. The van der Waals surface area contributed by atoms with Crippen molar-refractivity contribution in [3.63, 3.8) is 0 Å². The van der Waals surface area contributed by atoms with Gasteiger partial charge in [-0.25, -0.2) is 4.79 Å². The Morgan fingerprint density at radius 1 is 1.25 bits per heavy atom. The highest BCUT2D eigenvalue weighted by atomic mass is 32.2. The lowest BCUT2D eigenvalue weighted by Gasteiger charge is -2.29. The van der Waals surface area contributed by atoms with Crippen molar-refractivity contribution in [1.82, 2.24) is 5.32 Å². The minimum absolute atomic E-state index is 0.189. The van der Waals surface area contributed by atoms with Crippen molar-refractivity contribution in [3.05, 3.63) is 0 Å². The van der Waals surface area contributed by atoms with E-state index in [1.807, 2.05) is 13.8 Å². The summed E-state index contributed by atoms with van der Waals surface area (Å²) in [5.41, 5.74) is -0.581. The first-order valence-electron chi connectivity index (χ1n) is 9.13. The molecule has 3 atom stereocenters. The standard InChI is InChI=1S/C18H35NO4S/c1-13(2)11-15(19-17(21)23-18(3,4)5)16(20)12-24(22)14-9-7-6-8-10-14/h13-16,20H,6-12H2,1-5H3,(H,19,21). The van der Waals surface area contributed by atoms with E-state index in [2.05, 4.69) is 5.32 Å². The van der Waals surface area contributed by atoms with Crippen molar-refractivity contribution in [1.29, 1.82) is 0 Å². The third-order valence-electron chi connectivity index (χ3n) is 4.15. The first-order valence-corrected chi connectivity index (χ1v) is 10.5. The topological polar surface area (TPSA) is 75.6 Å². The first kappa shape index (κ1) is 21.4. The van der Waals surface area contributed by atoms with Crippen LogP contribution in [0, 0.1) is 5.92 Å². The molecule has 24 heavy (non-hydrogen) atoms. The molecule has 1 aliphatic rings. The van der Waals surface area contributed by atoms with E-state index < -0.39 is 34.6 Å². The zero-order valence-electron chi connectivity index (χ0n) is 15.8. The summed E-state index contributed by atoms with van der Waals surface area (Å²) in [6.45, 7) is 9.49. The summed E-state index contributed by atoms with van der Waals surface area (Å²) in [5, 5.41) is 13.5.